The van der Waals surface area contributed by atoms with Crippen molar-refractivity contribution in [1.29, 1.82) is 0 Å². The van der Waals surface area contributed by atoms with Crippen LogP contribution in [0.5, 0.6) is 0 Å². The first-order chi connectivity index (χ1) is 9.76. The highest BCUT2D eigenvalue weighted by atomic mass is 16.3. The van der Waals surface area contributed by atoms with E-state index in [1.807, 2.05) is 12.5 Å². The SMILES string of the molecule is CCC(CC)C(O)C[C@H]1c2ccccc2-c2cncn21. The summed E-state index contributed by atoms with van der Waals surface area (Å²) in [5.41, 5.74) is 3.74. The lowest BCUT2D eigenvalue weighted by Crippen LogP contribution is -2.23. The van der Waals surface area contributed by atoms with Crippen molar-refractivity contribution >= 4 is 0 Å². The molecule has 1 aromatic heterocycles. The molecule has 0 bridgehead atoms. The van der Waals surface area contributed by atoms with Gasteiger partial charge in [-0.05, 0) is 17.9 Å². The molecule has 1 aliphatic heterocycles. The van der Waals surface area contributed by atoms with Crippen LogP contribution in [-0.4, -0.2) is 20.8 Å². The molecule has 0 aliphatic carbocycles. The Balaban J connectivity index is 1.91. The number of aromatic nitrogens is 2. The predicted molar refractivity (Wildman–Crippen MR) is 80.5 cm³/mol. The maximum Gasteiger partial charge on any atom is 0.0956 e. The van der Waals surface area contributed by atoms with Crippen LogP contribution in [0, 0.1) is 5.92 Å². The average Bonchev–Trinajstić information content (AvgIpc) is 3.04. The largest absolute Gasteiger partial charge is 0.393 e. The number of aliphatic hydroxyl groups excluding tert-OH is 1. The number of rotatable bonds is 5. The van der Waals surface area contributed by atoms with E-state index in [1.54, 1.807) is 0 Å². The van der Waals surface area contributed by atoms with E-state index in [2.05, 4.69) is 47.7 Å². The van der Waals surface area contributed by atoms with Crippen molar-refractivity contribution < 1.29 is 5.11 Å². The van der Waals surface area contributed by atoms with Crippen molar-refractivity contribution in [3.63, 3.8) is 0 Å². The van der Waals surface area contributed by atoms with E-state index in [1.165, 1.54) is 16.8 Å². The fourth-order valence-corrected chi connectivity index (χ4v) is 3.43. The number of hydrogen-bond donors (Lipinski definition) is 1. The van der Waals surface area contributed by atoms with Gasteiger partial charge in [0.25, 0.3) is 0 Å². The van der Waals surface area contributed by atoms with Gasteiger partial charge in [0.1, 0.15) is 0 Å². The smallest absolute Gasteiger partial charge is 0.0956 e. The molecule has 1 aromatic carbocycles. The zero-order valence-electron chi connectivity index (χ0n) is 12.2. The number of aliphatic hydroxyl groups is 1. The first-order valence-corrected chi connectivity index (χ1v) is 7.55. The second-order valence-corrected chi connectivity index (χ2v) is 5.67. The van der Waals surface area contributed by atoms with Crippen LogP contribution >= 0.6 is 0 Å². The maximum atomic E-state index is 10.5. The van der Waals surface area contributed by atoms with Gasteiger partial charge in [0.2, 0.25) is 0 Å². The van der Waals surface area contributed by atoms with Gasteiger partial charge in [-0.15, -0.1) is 0 Å². The van der Waals surface area contributed by atoms with Crippen molar-refractivity contribution in [2.24, 2.45) is 5.92 Å². The quantitative estimate of drug-likeness (QED) is 0.900. The van der Waals surface area contributed by atoms with Crippen LogP contribution in [0.4, 0.5) is 0 Å². The fourth-order valence-electron chi connectivity index (χ4n) is 3.43. The number of hydrogen-bond acceptors (Lipinski definition) is 2. The summed E-state index contributed by atoms with van der Waals surface area (Å²) in [7, 11) is 0. The van der Waals surface area contributed by atoms with E-state index in [0.29, 0.717) is 5.92 Å². The Bertz CT molecular complexity index is 586. The Labute approximate surface area is 120 Å². The van der Waals surface area contributed by atoms with Crippen LogP contribution < -0.4 is 0 Å². The Morgan fingerprint density at radius 3 is 2.75 bits per heavy atom. The molecule has 0 spiro atoms. The summed E-state index contributed by atoms with van der Waals surface area (Å²) >= 11 is 0. The second-order valence-electron chi connectivity index (χ2n) is 5.67. The number of fused-ring (bicyclic) bond motifs is 3. The van der Waals surface area contributed by atoms with Crippen LogP contribution in [0.1, 0.15) is 44.7 Å². The lowest BCUT2D eigenvalue weighted by atomic mass is 9.89. The second kappa shape index (κ2) is 5.41. The first-order valence-electron chi connectivity index (χ1n) is 7.55. The van der Waals surface area contributed by atoms with Gasteiger partial charge in [-0.2, -0.15) is 0 Å². The Morgan fingerprint density at radius 1 is 1.25 bits per heavy atom. The summed E-state index contributed by atoms with van der Waals surface area (Å²) in [5.74, 6) is 0.384. The molecule has 2 heterocycles. The van der Waals surface area contributed by atoms with Crippen LogP contribution in [0.25, 0.3) is 11.3 Å². The summed E-state index contributed by atoms with van der Waals surface area (Å²) in [6, 6.07) is 8.68. The molecule has 3 nitrogen and oxygen atoms in total. The molecule has 0 amide bonds. The third kappa shape index (κ3) is 2.06. The Hall–Kier alpha value is -1.61. The molecule has 3 heteroatoms. The summed E-state index contributed by atoms with van der Waals surface area (Å²) in [5, 5.41) is 10.5. The van der Waals surface area contributed by atoms with Crippen molar-refractivity contribution in [2.45, 2.75) is 45.3 Å². The van der Waals surface area contributed by atoms with Gasteiger partial charge in [0.05, 0.1) is 30.4 Å². The molecule has 0 radical (unpaired) electrons. The lowest BCUT2D eigenvalue weighted by molar-refractivity contribution is 0.0845. The lowest BCUT2D eigenvalue weighted by Gasteiger charge is -2.24. The number of benzene rings is 1. The molecule has 0 saturated carbocycles. The van der Waals surface area contributed by atoms with E-state index < -0.39 is 0 Å². The number of imidazole rings is 1. The molecular weight excluding hydrogens is 248 g/mol. The van der Waals surface area contributed by atoms with Crippen molar-refractivity contribution in [3.05, 3.63) is 42.4 Å². The highest BCUT2D eigenvalue weighted by Crippen LogP contribution is 2.41. The standard InChI is InChI=1S/C17H22N2O/c1-3-12(4-2)17(20)9-15-13-7-5-6-8-14(13)16-10-18-11-19(15)16/h5-8,10-12,15,17,20H,3-4,9H2,1-2H3/t15-,17?/m0/s1. The van der Waals surface area contributed by atoms with Gasteiger partial charge in [0, 0.05) is 5.56 Å². The van der Waals surface area contributed by atoms with Gasteiger partial charge in [0.15, 0.2) is 0 Å². The number of nitrogens with zero attached hydrogens (tertiary/aromatic N) is 2. The highest BCUT2D eigenvalue weighted by molar-refractivity contribution is 5.68. The van der Waals surface area contributed by atoms with Gasteiger partial charge >= 0.3 is 0 Å². The topological polar surface area (TPSA) is 38.1 Å². The van der Waals surface area contributed by atoms with Gasteiger partial charge in [-0.25, -0.2) is 4.98 Å². The van der Waals surface area contributed by atoms with E-state index in [4.69, 9.17) is 0 Å². The fraction of sp³-hybridized carbons (Fsp3) is 0.471. The first kappa shape index (κ1) is 13.4. The van der Waals surface area contributed by atoms with Crippen LogP contribution in [-0.2, 0) is 0 Å². The summed E-state index contributed by atoms with van der Waals surface area (Å²) in [4.78, 5) is 4.27. The summed E-state index contributed by atoms with van der Waals surface area (Å²) in [6.45, 7) is 4.31. The third-order valence-corrected chi connectivity index (χ3v) is 4.66. The molecule has 0 saturated heterocycles. The van der Waals surface area contributed by atoms with Gasteiger partial charge in [-0.3, -0.25) is 0 Å². The van der Waals surface area contributed by atoms with Gasteiger partial charge in [-0.1, -0.05) is 51.0 Å². The maximum absolute atomic E-state index is 10.5. The minimum Gasteiger partial charge on any atom is -0.393 e. The van der Waals surface area contributed by atoms with E-state index in [-0.39, 0.29) is 12.1 Å². The molecule has 1 unspecified atom stereocenters. The molecule has 1 aliphatic rings. The van der Waals surface area contributed by atoms with E-state index >= 15 is 0 Å². The normalized spacial score (nSPS) is 18.1. The minimum atomic E-state index is -0.253. The molecular formula is C17H22N2O. The van der Waals surface area contributed by atoms with Crippen LogP contribution in [0.2, 0.25) is 0 Å². The Kier molecular flexibility index (Phi) is 3.62. The zero-order chi connectivity index (χ0) is 14.1. The van der Waals surface area contributed by atoms with E-state index in [0.717, 1.165) is 19.3 Å². The molecule has 20 heavy (non-hydrogen) atoms. The third-order valence-electron chi connectivity index (χ3n) is 4.66. The summed E-state index contributed by atoms with van der Waals surface area (Å²) in [6.07, 6.45) is 6.39. The van der Waals surface area contributed by atoms with Crippen LogP contribution in [0.3, 0.4) is 0 Å². The molecule has 1 N–H and O–H groups in total. The van der Waals surface area contributed by atoms with Crippen molar-refractivity contribution in [3.8, 4) is 11.3 Å². The average molecular weight is 270 g/mol. The molecule has 2 aromatic rings. The summed E-state index contributed by atoms with van der Waals surface area (Å²) < 4.78 is 2.20. The molecule has 106 valence electrons. The molecule has 2 atom stereocenters. The molecule has 3 rings (SSSR count). The molecule has 0 fully saturated rings. The predicted octanol–water partition coefficient (Wildman–Crippen LogP) is 3.64. The Morgan fingerprint density at radius 2 is 2.00 bits per heavy atom. The highest BCUT2D eigenvalue weighted by Gasteiger charge is 2.31. The van der Waals surface area contributed by atoms with Crippen LogP contribution in [0.15, 0.2) is 36.8 Å². The van der Waals surface area contributed by atoms with Gasteiger partial charge < -0.3 is 9.67 Å². The van der Waals surface area contributed by atoms with Crippen molar-refractivity contribution in [2.75, 3.05) is 0 Å². The zero-order valence-corrected chi connectivity index (χ0v) is 12.2. The van der Waals surface area contributed by atoms with E-state index in [9.17, 15) is 5.11 Å². The minimum absolute atomic E-state index is 0.222. The van der Waals surface area contributed by atoms with Crippen molar-refractivity contribution in [1.82, 2.24) is 9.55 Å². The monoisotopic (exact) mass is 270 g/mol.